The van der Waals surface area contributed by atoms with Crippen molar-refractivity contribution in [1.29, 1.82) is 5.26 Å². The molecule has 0 saturated carbocycles. The molecule has 0 aliphatic carbocycles. The number of rotatable bonds is 4. The molecule has 0 aliphatic rings. The van der Waals surface area contributed by atoms with Gasteiger partial charge in [-0.05, 0) is 36.4 Å². The second-order valence-electron chi connectivity index (χ2n) is 5.90. The average Bonchev–Trinajstić information content (AvgIpc) is 2.67. The fourth-order valence-electron chi connectivity index (χ4n) is 2.36. The van der Waals surface area contributed by atoms with Crippen molar-refractivity contribution in [2.24, 2.45) is 0 Å². The summed E-state index contributed by atoms with van der Waals surface area (Å²) in [5, 5.41) is 9.13. The van der Waals surface area contributed by atoms with E-state index in [1.807, 2.05) is 0 Å². The van der Waals surface area contributed by atoms with E-state index < -0.39 is 23.5 Å². The predicted octanol–water partition coefficient (Wildman–Crippen LogP) is 6.58. The van der Waals surface area contributed by atoms with Crippen LogP contribution in [-0.4, -0.2) is 4.98 Å². The number of pyridine rings is 1. The zero-order valence-electron chi connectivity index (χ0n) is 14.8. The molecule has 0 amide bonds. The summed E-state index contributed by atoms with van der Waals surface area (Å²) < 4.78 is 87.6. The van der Waals surface area contributed by atoms with Crippen molar-refractivity contribution >= 4 is 0 Å². The number of halogens is 6. The molecule has 0 atom stereocenters. The minimum Gasteiger partial charge on any atom is -0.439 e. The SMILES string of the molecule is N#Cc1cc(Oc2cccc(C(F)(F)F)c2)nc(Oc2cccc(C(F)(F)F)c2)c1. The summed E-state index contributed by atoms with van der Waals surface area (Å²) in [4.78, 5) is 3.90. The Morgan fingerprint density at radius 3 is 1.50 bits per heavy atom. The van der Waals surface area contributed by atoms with Crippen LogP contribution in [0.2, 0.25) is 0 Å². The maximum absolute atomic E-state index is 12.8. The summed E-state index contributed by atoms with van der Waals surface area (Å²) in [6.07, 6.45) is -9.17. The van der Waals surface area contributed by atoms with Gasteiger partial charge in [0, 0.05) is 12.1 Å². The molecule has 0 unspecified atom stereocenters. The number of alkyl halides is 6. The number of nitrogens with zero attached hydrogens (tertiary/aromatic N) is 2. The van der Waals surface area contributed by atoms with Crippen LogP contribution in [0.3, 0.4) is 0 Å². The van der Waals surface area contributed by atoms with E-state index in [4.69, 9.17) is 14.7 Å². The minimum atomic E-state index is -4.58. The lowest BCUT2D eigenvalue weighted by atomic mass is 10.2. The molecule has 0 saturated heterocycles. The molecular formula is C20H10F6N2O2. The number of hydrogen-bond donors (Lipinski definition) is 0. The molecule has 2 aromatic carbocycles. The highest BCUT2D eigenvalue weighted by molar-refractivity contribution is 5.41. The first-order valence-electron chi connectivity index (χ1n) is 8.17. The van der Waals surface area contributed by atoms with Crippen LogP contribution >= 0.6 is 0 Å². The molecule has 30 heavy (non-hydrogen) atoms. The lowest BCUT2D eigenvalue weighted by Gasteiger charge is -2.12. The largest absolute Gasteiger partial charge is 0.439 e. The highest BCUT2D eigenvalue weighted by Gasteiger charge is 2.31. The highest BCUT2D eigenvalue weighted by atomic mass is 19.4. The van der Waals surface area contributed by atoms with Gasteiger partial charge in [0.05, 0.1) is 22.8 Å². The Morgan fingerprint density at radius 1 is 0.700 bits per heavy atom. The van der Waals surface area contributed by atoms with Gasteiger partial charge in [0.25, 0.3) is 0 Å². The van der Waals surface area contributed by atoms with E-state index in [1.54, 1.807) is 6.07 Å². The smallest absolute Gasteiger partial charge is 0.416 e. The van der Waals surface area contributed by atoms with E-state index in [0.717, 1.165) is 48.5 Å². The molecule has 1 aromatic heterocycles. The molecule has 4 nitrogen and oxygen atoms in total. The zero-order valence-corrected chi connectivity index (χ0v) is 14.8. The van der Waals surface area contributed by atoms with Crippen molar-refractivity contribution in [2.75, 3.05) is 0 Å². The van der Waals surface area contributed by atoms with Crippen LogP contribution < -0.4 is 9.47 Å². The zero-order chi connectivity index (χ0) is 21.9. The standard InChI is InChI=1S/C20H10F6N2O2/c21-19(22,23)13-3-1-5-15(9-13)29-17-7-12(11-27)8-18(28-17)30-16-6-2-4-14(10-16)20(24,25)26/h1-10H. The fourth-order valence-corrected chi connectivity index (χ4v) is 2.36. The third-order valence-corrected chi connectivity index (χ3v) is 3.68. The van der Waals surface area contributed by atoms with Gasteiger partial charge in [0.15, 0.2) is 0 Å². The average molecular weight is 424 g/mol. The Balaban J connectivity index is 1.89. The van der Waals surface area contributed by atoms with Crippen molar-refractivity contribution in [3.05, 3.63) is 77.4 Å². The number of nitriles is 1. The maximum Gasteiger partial charge on any atom is 0.416 e. The maximum atomic E-state index is 12.8. The Hall–Kier alpha value is -3.74. The van der Waals surface area contributed by atoms with Crippen molar-refractivity contribution in [1.82, 2.24) is 4.98 Å². The van der Waals surface area contributed by atoms with Gasteiger partial charge < -0.3 is 9.47 Å². The Bertz CT molecular complexity index is 1030. The van der Waals surface area contributed by atoms with Crippen molar-refractivity contribution < 1.29 is 35.8 Å². The van der Waals surface area contributed by atoms with E-state index >= 15 is 0 Å². The van der Waals surface area contributed by atoms with Crippen LogP contribution in [0, 0.1) is 11.3 Å². The molecule has 0 radical (unpaired) electrons. The van der Waals surface area contributed by atoms with Gasteiger partial charge in [-0.15, -0.1) is 0 Å². The van der Waals surface area contributed by atoms with E-state index in [2.05, 4.69) is 4.98 Å². The van der Waals surface area contributed by atoms with Gasteiger partial charge in [-0.1, -0.05) is 12.1 Å². The molecular weight excluding hydrogens is 414 g/mol. The summed E-state index contributed by atoms with van der Waals surface area (Å²) in [6, 6.07) is 12.1. The molecule has 0 fully saturated rings. The molecule has 0 spiro atoms. The van der Waals surface area contributed by atoms with Crippen LogP contribution in [0.4, 0.5) is 26.3 Å². The normalized spacial score (nSPS) is 11.6. The molecule has 3 rings (SSSR count). The third kappa shape index (κ3) is 5.20. The minimum absolute atomic E-state index is 0.0195. The number of hydrogen-bond acceptors (Lipinski definition) is 4. The molecule has 0 bridgehead atoms. The van der Waals surface area contributed by atoms with Crippen LogP contribution in [0.15, 0.2) is 60.7 Å². The third-order valence-electron chi connectivity index (χ3n) is 3.68. The van der Waals surface area contributed by atoms with Gasteiger partial charge in [0.2, 0.25) is 11.8 Å². The number of ether oxygens (including phenoxy) is 2. The first-order valence-corrected chi connectivity index (χ1v) is 8.17. The summed E-state index contributed by atoms with van der Waals surface area (Å²) in [7, 11) is 0. The lowest BCUT2D eigenvalue weighted by Crippen LogP contribution is -2.05. The predicted molar refractivity (Wildman–Crippen MR) is 92.0 cm³/mol. The van der Waals surface area contributed by atoms with Crippen molar-refractivity contribution in [2.45, 2.75) is 12.4 Å². The topological polar surface area (TPSA) is 55.1 Å². The van der Waals surface area contributed by atoms with Gasteiger partial charge in [-0.3, -0.25) is 0 Å². The summed E-state index contributed by atoms with van der Waals surface area (Å²) in [6.45, 7) is 0. The van der Waals surface area contributed by atoms with Gasteiger partial charge in [-0.25, -0.2) is 0 Å². The van der Waals surface area contributed by atoms with E-state index in [1.165, 1.54) is 12.1 Å². The lowest BCUT2D eigenvalue weighted by molar-refractivity contribution is -0.138. The first-order chi connectivity index (χ1) is 14.0. The van der Waals surface area contributed by atoms with Gasteiger partial charge >= 0.3 is 12.4 Å². The van der Waals surface area contributed by atoms with Crippen molar-refractivity contribution in [3.63, 3.8) is 0 Å². The van der Waals surface area contributed by atoms with E-state index in [-0.39, 0.29) is 28.8 Å². The number of benzene rings is 2. The quantitative estimate of drug-likeness (QED) is 0.444. The van der Waals surface area contributed by atoms with Crippen LogP contribution in [0.1, 0.15) is 16.7 Å². The second kappa shape index (κ2) is 7.94. The molecule has 0 N–H and O–H groups in total. The summed E-state index contributed by atoms with van der Waals surface area (Å²) in [5.41, 5.74) is -1.91. The van der Waals surface area contributed by atoms with Crippen molar-refractivity contribution in [3.8, 4) is 29.3 Å². The Kier molecular flexibility index (Phi) is 5.56. The summed E-state index contributed by atoms with van der Waals surface area (Å²) >= 11 is 0. The van der Waals surface area contributed by atoms with E-state index in [9.17, 15) is 26.3 Å². The van der Waals surface area contributed by atoms with Crippen LogP contribution in [-0.2, 0) is 12.4 Å². The monoisotopic (exact) mass is 424 g/mol. The second-order valence-corrected chi connectivity index (χ2v) is 5.90. The van der Waals surface area contributed by atoms with E-state index in [0.29, 0.717) is 0 Å². The fraction of sp³-hybridized carbons (Fsp3) is 0.100. The molecule has 1 heterocycles. The molecule has 10 heteroatoms. The molecule has 0 aliphatic heterocycles. The Labute approximate surface area is 165 Å². The van der Waals surface area contributed by atoms with Gasteiger partial charge in [0.1, 0.15) is 11.5 Å². The highest BCUT2D eigenvalue weighted by Crippen LogP contribution is 2.34. The molecule has 154 valence electrons. The summed E-state index contributed by atoms with van der Waals surface area (Å²) in [5.74, 6) is -0.930. The molecule has 3 aromatic rings. The van der Waals surface area contributed by atoms with Crippen LogP contribution in [0.25, 0.3) is 0 Å². The van der Waals surface area contributed by atoms with Crippen LogP contribution in [0.5, 0.6) is 23.3 Å². The Morgan fingerprint density at radius 2 is 1.13 bits per heavy atom. The first kappa shape index (κ1) is 21.0. The van der Waals surface area contributed by atoms with Gasteiger partial charge in [-0.2, -0.15) is 36.6 Å². The number of aromatic nitrogens is 1.